The summed E-state index contributed by atoms with van der Waals surface area (Å²) in [5, 5.41) is 24.2. The standard InChI is InChI=1S/C12H30B10N4O3/c13-19(14)21(17)22(20(15)16)18-7-10(18)3-1-2-4-23-8-11(27)9-25-6-5-24-12(25)26(28)29/h5-6,10-11,23,27H,1-4,7-9,13-17H2. The van der Waals surface area contributed by atoms with E-state index in [1.165, 1.54) is 36.1 Å². The maximum absolute atomic E-state index is 10.9. The van der Waals surface area contributed by atoms with Crippen LogP contribution in [0.1, 0.15) is 19.3 Å². The molecule has 146 valence electrons. The Balaban J connectivity index is 1.58. The third-order valence-corrected chi connectivity index (χ3v) is 6.72. The van der Waals surface area contributed by atoms with Gasteiger partial charge in [0.25, 0.3) is 0 Å². The second-order valence-corrected chi connectivity index (χ2v) is 9.57. The molecule has 2 N–H and O–H groups in total. The van der Waals surface area contributed by atoms with Crippen molar-refractivity contribution in [3.05, 3.63) is 22.5 Å². The van der Waals surface area contributed by atoms with Gasteiger partial charge in [-0.1, -0.05) is 30.0 Å². The van der Waals surface area contributed by atoms with Gasteiger partial charge in [-0.05, 0) is 17.9 Å². The highest BCUT2D eigenvalue weighted by molar-refractivity contribution is 8.01. The number of aliphatic hydroxyl groups excluding tert-OH is 1. The van der Waals surface area contributed by atoms with Crippen LogP contribution in [-0.2, 0) is 6.54 Å². The third-order valence-electron chi connectivity index (χ3n) is 6.72. The molecule has 1 saturated heterocycles. The minimum absolute atomic E-state index is 0.178. The molecule has 0 radical (unpaired) electrons. The van der Waals surface area contributed by atoms with Crippen LogP contribution in [0.5, 0.6) is 0 Å². The van der Waals surface area contributed by atoms with Gasteiger partial charge in [-0.25, -0.2) is 4.57 Å². The lowest BCUT2D eigenvalue weighted by Gasteiger charge is -2.24. The average molecular weight is 387 g/mol. The zero-order valence-electron chi connectivity index (χ0n) is 18.8. The molecule has 0 aromatic carbocycles. The molecule has 2 rings (SSSR count). The molecule has 0 saturated carbocycles. The Morgan fingerprint density at radius 2 is 2.07 bits per heavy atom. The lowest BCUT2D eigenvalue weighted by atomic mass is 8.57. The normalized spacial score (nSPS) is 16.3. The van der Waals surface area contributed by atoms with Crippen molar-refractivity contribution in [1.82, 2.24) is 14.9 Å². The van der Waals surface area contributed by atoms with Crippen LogP contribution in [0.4, 0.5) is 5.95 Å². The van der Waals surface area contributed by atoms with Crippen LogP contribution in [0, 0.1) is 10.1 Å². The summed E-state index contributed by atoms with van der Waals surface area (Å²) >= 11 is 0. The molecule has 2 heterocycles. The van der Waals surface area contributed by atoms with Crippen LogP contribution in [0.2, 0.25) is 12.1 Å². The first kappa shape index (κ1) is 24.4. The summed E-state index contributed by atoms with van der Waals surface area (Å²) in [6.45, 7) is 2.39. The molecule has 0 spiro atoms. The number of hydrogen-bond acceptors (Lipinski definition) is 5. The molecule has 2 unspecified atom stereocenters. The van der Waals surface area contributed by atoms with E-state index in [-0.39, 0.29) is 12.5 Å². The topological polar surface area (TPSA) is 93.2 Å². The number of rotatable bonds is 14. The van der Waals surface area contributed by atoms with Crippen LogP contribution in [-0.4, -0.2) is 110 Å². The minimum Gasteiger partial charge on any atom is -0.390 e. The molecule has 29 heavy (non-hydrogen) atoms. The molecule has 0 aliphatic carbocycles. The average Bonchev–Trinajstić information content (AvgIpc) is 3.22. The summed E-state index contributed by atoms with van der Waals surface area (Å²) in [4.78, 5) is 14.0. The molecule has 1 aromatic rings. The van der Waals surface area contributed by atoms with E-state index in [2.05, 4.69) is 49.0 Å². The number of unbranched alkanes of at least 4 members (excludes halogenated alkanes) is 1. The number of nitrogens with zero attached hydrogens (tertiary/aromatic N) is 3. The van der Waals surface area contributed by atoms with Gasteiger partial charge < -0.3 is 20.5 Å². The summed E-state index contributed by atoms with van der Waals surface area (Å²) < 4.78 is 1.38. The van der Waals surface area contributed by atoms with Crippen LogP contribution >= 0.6 is 0 Å². The van der Waals surface area contributed by atoms with Gasteiger partial charge in [0.2, 0.25) is 0 Å². The first-order valence-electron chi connectivity index (χ1n) is 11.3. The molecule has 2 atom stereocenters. The number of imidazole rings is 1. The van der Waals surface area contributed by atoms with E-state index < -0.39 is 11.0 Å². The fraction of sp³-hybridized carbons (Fsp3) is 0.750. The molecule has 1 aromatic heterocycles. The van der Waals surface area contributed by atoms with Gasteiger partial charge in [-0.2, -0.15) is 0 Å². The van der Waals surface area contributed by atoms with Crippen molar-refractivity contribution in [3.63, 3.8) is 0 Å². The summed E-state index contributed by atoms with van der Waals surface area (Å²) in [6, 6.07) is 0. The van der Waals surface area contributed by atoms with Crippen molar-refractivity contribution in [1.29, 1.82) is 0 Å². The number of hydrogen-bond donors (Lipinski definition) is 2. The second-order valence-electron chi connectivity index (χ2n) is 9.57. The van der Waals surface area contributed by atoms with Crippen molar-refractivity contribution in [2.45, 2.75) is 44.0 Å². The Bertz CT molecular complexity index is 653. The molecule has 0 bridgehead atoms. The van der Waals surface area contributed by atoms with Crippen LogP contribution in [0.3, 0.4) is 0 Å². The van der Waals surface area contributed by atoms with Crippen LogP contribution in [0.25, 0.3) is 0 Å². The first-order valence-corrected chi connectivity index (χ1v) is 11.3. The van der Waals surface area contributed by atoms with Gasteiger partial charge >= 0.3 is 5.95 Å². The quantitative estimate of drug-likeness (QED) is 0.144. The largest absolute Gasteiger partial charge is 0.434 e. The van der Waals surface area contributed by atoms with Gasteiger partial charge in [0.1, 0.15) is 12.4 Å². The van der Waals surface area contributed by atoms with Crippen molar-refractivity contribution >= 4 is 76.8 Å². The second kappa shape index (κ2) is 11.5. The number of aromatic nitrogens is 2. The van der Waals surface area contributed by atoms with E-state index in [1.54, 1.807) is 0 Å². The zero-order valence-corrected chi connectivity index (χ0v) is 18.8. The highest BCUT2D eigenvalue weighted by Gasteiger charge is 2.49. The highest BCUT2D eigenvalue weighted by atomic mass is 16.6. The predicted molar refractivity (Wildman–Crippen MR) is 142 cm³/mol. The van der Waals surface area contributed by atoms with Crippen LogP contribution in [0.15, 0.2) is 12.4 Å². The molecule has 1 aliphatic rings. The Kier molecular flexibility index (Phi) is 9.73. The third kappa shape index (κ3) is 7.42. The number of nitro groups is 1. The number of nitrogens with one attached hydrogen (secondary N) is 1. The van der Waals surface area contributed by atoms with Gasteiger partial charge in [-0.15, -0.1) is 0 Å². The Labute approximate surface area is 181 Å². The molecule has 17 heteroatoms. The van der Waals surface area contributed by atoms with E-state index >= 15 is 0 Å². The molecule has 7 nitrogen and oxygen atoms in total. The zero-order chi connectivity index (χ0) is 21.6. The fourth-order valence-electron chi connectivity index (χ4n) is 4.84. The molecular weight excluding hydrogens is 356 g/mol. The monoisotopic (exact) mass is 388 g/mol. The van der Waals surface area contributed by atoms with Gasteiger partial charge in [-0.3, -0.25) is 0 Å². The van der Waals surface area contributed by atoms with Crippen molar-refractivity contribution in [3.8, 4) is 0 Å². The first-order chi connectivity index (χ1) is 13.7. The van der Waals surface area contributed by atoms with E-state index in [4.69, 9.17) is 0 Å². The Morgan fingerprint density at radius 1 is 1.34 bits per heavy atom. The lowest BCUT2D eigenvalue weighted by Crippen LogP contribution is -2.63. The summed E-state index contributed by atoms with van der Waals surface area (Å²) in [5.41, 5.74) is 0. The van der Waals surface area contributed by atoms with Gasteiger partial charge in [0.05, 0.1) is 57.9 Å². The van der Waals surface area contributed by atoms with E-state index in [1.807, 2.05) is 0 Å². The maximum atomic E-state index is 10.9. The number of aliphatic hydroxyl groups is 1. The highest BCUT2D eigenvalue weighted by Crippen LogP contribution is 2.43. The minimum atomic E-state index is -0.667. The summed E-state index contributed by atoms with van der Waals surface area (Å²) in [7, 11) is 11.9. The Hall–Kier alpha value is -0.821. The molecule has 1 aliphatic heterocycles. The van der Waals surface area contributed by atoms with Crippen LogP contribution < -0.4 is 5.32 Å². The van der Waals surface area contributed by atoms with Crippen molar-refractivity contribution < 1.29 is 10.0 Å². The Morgan fingerprint density at radius 3 is 2.69 bits per heavy atom. The molecular formula is C12H30B10N4O3. The van der Waals surface area contributed by atoms with E-state index in [0.717, 1.165) is 50.9 Å². The SMILES string of the molecule is BB(B)B(B)B(B(B)B)B1CC1CCCCNCC(O)Cn1ccnc1[N+](=O)[O-]. The lowest BCUT2D eigenvalue weighted by molar-refractivity contribution is -0.397. The van der Waals surface area contributed by atoms with Gasteiger partial charge in [0.15, 0.2) is 0 Å². The molecule has 0 amide bonds. The van der Waals surface area contributed by atoms with E-state index in [9.17, 15) is 15.2 Å². The predicted octanol–water partition coefficient (Wildman–Crippen LogP) is -5.27. The smallest absolute Gasteiger partial charge is 0.390 e. The molecule has 1 fully saturated rings. The van der Waals surface area contributed by atoms with E-state index in [0.29, 0.717) is 6.54 Å². The fourth-order valence-corrected chi connectivity index (χ4v) is 4.84. The maximum Gasteiger partial charge on any atom is 0.434 e. The summed E-state index contributed by atoms with van der Waals surface area (Å²) in [6.07, 6.45) is 10.4. The van der Waals surface area contributed by atoms with Crippen molar-refractivity contribution in [2.24, 2.45) is 0 Å². The van der Waals surface area contributed by atoms with Gasteiger partial charge in [0, 0.05) is 32.1 Å². The van der Waals surface area contributed by atoms with Crippen molar-refractivity contribution in [2.75, 3.05) is 13.1 Å². The summed E-state index contributed by atoms with van der Waals surface area (Å²) in [5.74, 6) is 0.672.